The van der Waals surface area contributed by atoms with Crippen LogP contribution in [0.4, 0.5) is 0 Å². The van der Waals surface area contributed by atoms with E-state index in [4.69, 9.17) is 0 Å². The Bertz CT molecular complexity index is 453. The summed E-state index contributed by atoms with van der Waals surface area (Å²) >= 11 is 1.97. The van der Waals surface area contributed by atoms with Gasteiger partial charge in [0.05, 0.1) is 0 Å². The Balaban J connectivity index is 2.40. The molecule has 0 aliphatic heterocycles. The largest absolute Gasteiger partial charge is 0.140 e. The zero-order valence-corrected chi connectivity index (χ0v) is 10.5. The Labute approximate surface area is 95.9 Å². The van der Waals surface area contributed by atoms with Crippen LogP contribution in [0.25, 0.3) is 10.1 Å². The predicted octanol–water partition coefficient (Wildman–Crippen LogP) is 4.80. The Morgan fingerprint density at radius 3 is 2.67 bits per heavy atom. The molecule has 2 rings (SSSR count). The van der Waals surface area contributed by atoms with Crippen LogP contribution in [0.1, 0.15) is 30.7 Å². The van der Waals surface area contributed by atoms with Crippen molar-refractivity contribution in [1.82, 2.24) is 0 Å². The van der Waals surface area contributed by atoms with Gasteiger partial charge in [0.2, 0.25) is 0 Å². The van der Waals surface area contributed by atoms with Crippen molar-refractivity contribution in [1.29, 1.82) is 0 Å². The number of aryl methyl sites for hydroxylation is 1. The normalized spacial score (nSPS) is 13.3. The summed E-state index contributed by atoms with van der Waals surface area (Å²) in [6.07, 6.45) is 2.51. The zero-order chi connectivity index (χ0) is 10.8. The van der Waals surface area contributed by atoms with Crippen LogP contribution in [-0.4, -0.2) is 0 Å². The molecule has 0 amide bonds. The van der Waals surface area contributed by atoms with E-state index < -0.39 is 0 Å². The van der Waals surface area contributed by atoms with E-state index in [0.717, 1.165) is 5.92 Å². The average Bonchev–Trinajstić information content (AvgIpc) is 2.57. The highest BCUT2D eigenvalue weighted by Gasteiger charge is 2.09. The minimum Gasteiger partial charge on any atom is -0.140 e. The van der Waals surface area contributed by atoms with Crippen LogP contribution in [0.2, 0.25) is 0 Å². The van der Waals surface area contributed by atoms with Gasteiger partial charge in [-0.1, -0.05) is 38.5 Å². The summed E-state index contributed by atoms with van der Waals surface area (Å²) in [6, 6.07) is 8.73. The van der Waals surface area contributed by atoms with Crippen LogP contribution in [0.5, 0.6) is 0 Å². The van der Waals surface area contributed by atoms with E-state index in [1.807, 2.05) is 11.3 Å². The van der Waals surface area contributed by atoms with Crippen molar-refractivity contribution < 1.29 is 0 Å². The average molecular weight is 218 g/mol. The summed E-state index contributed by atoms with van der Waals surface area (Å²) < 4.78 is 1.44. The van der Waals surface area contributed by atoms with Crippen LogP contribution in [-0.2, 0) is 6.42 Å². The molecule has 1 heteroatoms. The second-order valence-electron chi connectivity index (χ2n) is 4.36. The second kappa shape index (κ2) is 4.36. The molecule has 15 heavy (non-hydrogen) atoms. The van der Waals surface area contributed by atoms with Crippen molar-refractivity contribution >= 4 is 21.4 Å². The van der Waals surface area contributed by atoms with Crippen molar-refractivity contribution in [2.24, 2.45) is 5.92 Å². The molecule has 0 nitrogen and oxygen atoms in total. The lowest BCUT2D eigenvalue weighted by molar-refractivity contribution is 0.564. The van der Waals surface area contributed by atoms with Crippen molar-refractivity contribution in [3.63, 3.8) is 0 Å². The minimum absolute atomic E-state index is 0.803. The molecule has 0 radical (unpaired) electrons. The van der Waals surface area contributed by atoms with E-state index in [9.17, 15) is 0 Å². The lowest BCUT2D eigenvalue weighted by Crippen LogP contribution is -1.96. The molecular weight excluding hydrogens is 200 g/mol. The van der Waals surface area contributed by atoms with E-state index in [-0.39, 0.29) is 0 Å². The predicted molar refractivity (Wildman–Crippen MR) is 69.7 cm³/mol. The highest BCUT2D eigenvalue weighted by atomic mass is 32.1. The number of hydrogen-bond donors (Lipinski definition) is 0. The van der Waals surface area contributed by atoms with Gasteiger partial charge in [-0.2, -0.15) is 0 Å². The summed E-state index contributed by atoms with van der Waals surface area (Å²) in [5.41, 5.74) is 1.50. The minimum atomic E-state index is 0.803. The van der Waals surface area contributed by atoms with Crippen LogP contribution in [0.3, 0.4) is 0 Å². The monoisotopic (exact) mass is 218 g/mol. The highest BCUT2D eigenvalue weighted by molar-refractivity contribution is 7.19. The van der Waals surface area contributed by atoms with Crippen molar-refractivity contribution in [3.8, 4) is 0 Å². The third kappa shape index (κ3) is 2.07. The number of fused-ring (bicyclic) bond motifs is 1. The molecule has 1 aromatic heterocycles. The molecule has 1 heterocycles. The first-order chi connectivity index (χ1) is 7.22. The van der Waals surface area contributed by atoms with Crippen LogP contribution in [0.15, 0.2) is 24.3 Å². The van der Waals surface area contributed by atoms with Gasteiger partial charge in [0.15, 0.2) is 0 Å². The van der Waals surface area contributed by atoms with Crippen molar-refractivity contribution in [2.45, 2.75) is 33.6 Å². The lowest BCUT2D eigenvalue weighted by Gasteiger charge is -2.06. The molecule has 0 saturated carbocycles. The Kier molecular flexibility index (Phi) is 3.11. The van der Waals surface area contributed by atoms with Gasteiger partial charge in [-0.3, -0.25) is 0 Å². The molecule has 1 unspecified atom stereocenters. The number of hydrogen-bond acceptors (Lipinski definition) is 1. The number of rotatable bonds is 3. The van der Waals surface area contributed by atoms with Gasteiger partial charge < -0.3 is 0 Å². The highest BCUT2D eigenvalue weighted by Crippen LogP contribution is 2.32. The van der Waals surface area contributed by atoms with E-state index >= 15 is 0 Å². The van der Waals surface area contributed by atoms with E-state index in [1.54, 1.807) is 4.88 Å². The van der Waals surface area contributed by atoms with Crippen molar-refractivity contribution in [2.75, 3.05) is 0 Å². The molecule has 1 atom stereocenters. The summed E-state index contributed by atoms with van der Waals surface area (Å²) in [4.78, 5) is 1.57. The lowest BCUT2D eigenvalue weighted by atomic mass is 10.0. The topological polar surface area (TPSA) is 0 Å². The summed E-state index contributed by atoms with van der Waals surface area (Å²) in [7, 11) is 0. The van der Waals surface area contributed by atoms with Crippen molar-refractivity contribution in [3.05, 3.63) is 34.7 Å². The first-order valence-corrected chi connectivity index (χ1v) is 6.51. The van der Waals surface area contributed by atoms with Gasteiger partial charge in [-0.05, 0) is 36.3 Å². The first kappa shape index (κ1) is 10.7. The number of benzene rings is 1. The molecule has 0 N–H and O–H groups in total. The third-order valence-electron chi connectivity index (χ3n) is 3.17. The summed E-state index contributed by atoms with van der Waals surface area (Å²) in [5.74, 6) is 0.803. The Morgan fingerprint density at radius 1 is 1.27 bits per heavy atom. The second-order valence-corrected chi connectivity index (χ2v) is 5.50. The first-order valence-electron chi connectivity index (χ1n) is 5.69. The SMILES string of the molecule is CCC(C)Cc1sc2ccccc2c1C. The third-order valence-corrected chi connectivity index (χ3v) is 4.47. The molecule has 0 fully saturated rings. The van der Waals surface area contributed by atoms with Gasteiger partial charge in [0.25, 0.3) is 0 Å². The molecule has 0 bridgehead atoms. The fourth-order valence-electron chi connectivity index (χ4n) is 1.88. The Morgan fingerprint density at radius 2 is 2.00 bits per heavy atom. The molecule has 0 aliphatic rings. The van der Waals surface area contributed by atoms with Gasteiger partial charge >= 0.3 is 0 Å². The molecule has 1 aromatic carbocycles. The van der Waals surface area contributed by atoms with E-state index in [0.29, 0.717) is 0 Å². The van der Waals surface area contributed by atoms with Gasteiger partial charge in [0.1, 0.15) is 0 Å². The van der Waals surface area contributed by atoms with Crippen LogP contribution in [0, 0.1) is 12.8 Å². The quantitative estimate of drug-likeness (QED) is 0.694. The number of thiophene rings is 1. The summed E-state index contributed by atoms with van der Waals surface area (Å²) in [5, 5.41) is 1.45. The van der Waals surface area contributed by atoms with Gasteiger partial charge in [-0.25, -0.2) is 0 Å². The van der Waals surface area contributed by atoms with E-state index in [1.165, 1.54) is 28.5 Å². The van der Waals surface area contributed by atoms with Crippen LogP contribution >= 0.6 is 11.3 Å². The maximum absolute atomic E-state index is 2.34. The molecule has 0 spiro atoms. The summed E-state index contributed by atoms with van der Waals surface area (Å²) in [6.45, 7) is 6.87. The molecule has 2 aromatic rings. The Hall–Kier alpha value is -0.820. The molecule has 80 valence electrons. The van der Waals surface area contributed by atoms with Gasteiger partial charge in [0, 0.05) is 9.58 Å². The fourth-order valence-corrected chi connectivity index (χ4v) is 3.25. The fraction of sp³-hybridized carbons (Fsp3) is 0.429. The maximum Gasteiger partial charge on any atom is 0.0348 e. The van der Waals surface area contributed by atoms with E-state index in [2.05, 4.69) is 45.0 Å². The molecule has 0 saturated heterocycles. The molecule has 0 aliphatic carbocycles. The van der Waals surface area contributed by atoms with Crippen LogP contribution < -0.4 is 0 Å². The molecular formula is C14H18S. The maximum atomic E-state index is 2.34. The van der Waals surface area contributed by atoms with Gasteiger partial charge in [-0.15, -0.1) is 11.3 Å². The zero-order valence-electron chi connectivity index (χ0n) is 9.71. The smallest absolute Gasteiger partial charge is 0.0348 e. The standard InChI is InChI=1S/C14H18S/c1-4-10(2)9-14-11(3)12-7-5-6-8-13(12)15-14/h5-8,10H,4,9H2,1-3H3.